The number of hydrogen-bond donors (Lipinski definition) is 4. The number of benzene rings is 3. The van der Waals surface area contributed by atoms with Crippen LogP contribution >= 0.6 is 0 Å². The Morgan fingerprint density at radius 3 is 1.85 bits per heavy atom. The van der Waals surface area contributed by atoms with Gasteiger partial charge in [0.05, 0.1) is 6.10 Å². The van der Waals surface area contributed by atoms with Crippen molar-refractivity contribution in [1.82, 2.24) is 4.98 Å². The molecule has 4 aromatic rings. The lowest BCUT2D eigenvalue weighted by Gasteiger charge is -2.31. The molecular formula is C31H31N5O3. The molecule has 198 valence electrons. The normalized spacial score (nSPS) is 13.5. The van der Waals surface area contributed by atoms with Crippen molar-refractivity contribution in [3.8, 4) is 0 Å². The molecule has 5 rings (SSSR count). The van der Waals surface area contributed by atoms with Crippen molar-refractivity contribution in [2.24, 2.45) is 0 Å². The zero-order valence-electron chi connectivity index (χ0n) is 21.7. The van der Waals surface area contributed by atoms with E-state index in [2.05, 4.69) is 25.8 Å². The van der Waals surface area contributed by atoms with Crippen molar-refractivity contribution in [2.75, 3.05) is 33.9 Å². The van der Waals surface area contributed by atoms with Crippen LogP contribution in [0, 0.1) is 6.92 Å². The highest BCUT2D eigenvalue weighted by Gasteiger charge is 2.17. The molecule has 8 nitrogen and oxygen atoms in total. The summed E-state index contributed by atoms with van der Waals surface area (Å²) >= 11 is 0. The van der Waals surface area contributed by atoms with E-state index in [1.807, 2.05) is 91.9 Å². The summed E-state index contributed by atoms with van der Waals surface area (Å²) in [4.78, 5) is 31.6. The van der Waals surface area contributed by atoms with Crippen LogP contribution < -0.4 is 20.9 Å². The molecule has 1 aliphatic rings. The molecule has 0 aliphatic carbocycles. The van der Waals surface area contributed by atoms with Crippen LogP contribution in [0.4, 0.5) is 28.4 Å². The molecule has 8 heteroatoms. The third-order valence-electron chi connectivity index (χ3n) is 6.65. The highest BCUT2D eigenvalue weighted by molar-refractivity contribution is 6.04. The van der Waals surface area contributed by atoms with Crippen molar-refractivity contribution in [2.45, 2.75) is 25.9 Å². The van der Waals surface area contributed by atoms with Gasteiger partial charge in [0.2, 0.25) is 0 Å². The van der Waals surface area contributed by atoms with Gasteiger partial charge in [-0.05, 0) is 105 Å². The van der Waals surface area contributed by atoms with Crippen LogP contribution in [0.25, 0.3) is 0 Å². The molecule has 39 heavy (non-hydrogen) atoms. The van der Waals surface area contributed by atoms with E-state index in [1.165, 1.54) is 0 Å². The van der Waals surface area contributed by atoms with E-state index < -0.39 is 0 Å². The minimum atomic E-state index is -0.254. The van der Waals surface area contributed by atoms with Crippen LogP contribution in [-0.4, -0.2) is 41.1 Å². The molecule has 0 saturated carbocycles. The molecule has 0 spiro atoms. The molecule has 4 N–H and O–H groups in total. The van der Waals surface area contributed by atoms with Gasteiger partial charge >= 0.3 is 0 Å². The summed E-state index contributed by atoms with van der Waals surface area (Å²) in [6, 6.07) is 27.8. The maximum absolute atomic E-state index is 12.7. The first-order valence-corrected chi connectivity index (χ1v) is 13.0. The van der Waals surface area contributed by atoms with Crippen LogP contribution in [0.1, 0.15) is 39.4 Å². The van der Waals surface area contributed by atoms with Gasteiger partial charge < -0.3 is 26.0 Å². The van der Waals surface area contributed by atoms with Crippen molar-refractivity contribution in [1.29, 1.82) is 0 Å². The predicted octanol–water partition coefficient (Wildman–Crippen LogP) is 5.60. The average Bonchev–Trinajstić information content (AvgIpc) is 2.95. The Kier molecular flexibility index (Phi) is 7.84. The number of aromatic nitrogens is 1. The van der Waals surface area contributed by atoms with Crippen molar-refractivity contribution in [3.63, 3.8) is 0 Å². The number of carbonyl (C=O) groups is 2. The Morgan fingerprint density at radius 2 is 1.28 bits per heavy atom. The number of nitrogens with one attached hydrogen (secondary N) is 3. The van der Waals surface area contributed by atoms with Gasteiger partial charge in [0, 0.05) is 52.8 Å². The van der Waals surface area contributed by atoms with E-state index in [9.17, 15) is 14.7 Å². The summed E-state index contributed by atoms with van der Waals surface area (Å²) in [5, 5.41) is 18.8. The SMILES string of the molecule is Cc1cccc(C(=O)Nc2ccc(Nc3ccc(NC(=O)c4ccc(N5CCC(O)CC5)cc4)cc3)cc2)n1. The van der Waals surface area contributed by atoms with Crippen LogP contribution in [0.3, 0.4) is 0 Å². The Labute approximate surface area is 227 Å². The summed E-state index contributed by atoms with van der Waals surface area (Å²) in [7, 11) is 0. The van der Waals surface area contributed by atoms with Gasteiger partial charge in [-0.25, -0.2) is 4.98 Å². The first-order valence-electron chi connectivity index (χ1n) is 13.0. The summed E-state index contributed by atoms with van der Waals surface area (Å²) in [5.41, 5.74) is 5.91. The van der Waals surface area contributed by atoms with Gasteiger partial charge in [-0.1, -0.05) is 6.07 Å². The minimum Gasteiger partial charge on any atom is -0.393 e. The van der Waals surface area contributed by atoms with Crippen LogP contribution in [0.15, 0.2) is 91.0 Å². The largest absolute Gasteiger partial charge is 0.393 e. The molecule has 1 fully saturated rings. The fourth-order valence-corrected chi connectivity index (χ4v) is 4.46. The third kappa shape index (κ3) is 6.80. The minimum absolute atomic E-state index is 0.171. The molecule has 2 heterocycles. The highest BCUT2D eigenvalue weighted by atomic mass is 16.3. The maximum Gasteiger partial charge on any atom is 0.274 e. The fourth-order valence-electron chi connectivity index (χ4n) is 4.46. The topological polar surface area (TPSA) is 107 Å². The van der Waals surface area contributed by atoms with E-state index in [-0.39, 0.29) is 17.9 Å². The van der Waals surface area contributed by atoms with E-state index in [0.717, 1.165) is 48.7 Å². The number of hydrogen-bond acceptors (Lipinski definition) is 6. The summed E-state index contributed by atoms with van der Waals surface area (Å²) in [6.45, 7) is 3.49. The molecule has 0 atom stereocenters. The molecule has 1 aromatic heterocycles. The molecular weight excluding hydrogens is 490 g/mol. The van der Waals surface area contributed by atoms with Crippen molar-refractivity contribution < 1.29 is 14.7 Å². The number of aliphatic hydroxyl groups excluding tert-OH is 1. The Bertz CT molecular complexity index is 1430. The molecule has 0 unspecified atom stereocenters. The molecule has 3 aromatic carbocycles. The first kappa shape index (κ1) is 25.9. The van der Waals surface area contributed by atoms with Gasteiger partial charge in [0.15, 0.2) is 0 Å². The second-order valence-corrected chi connectivity index (χ2v) is 9.62. The second-order valence-electron chi connectivity index (χ2n) is 9.62. The Morgan fingerprint density at radius 1 is 0.744 bits per heavy atom. The molecule has 0 radical (unpaired) electrons. The monoisotopic (exact) mass is 521 g/mol. The highest BCUT2D eigenvalue weighted by Crippen LogP contribution is 2.23. The first-order chi connectivity index (χ1) is 18.9. The van der Waals surface area contributed by atoms with Gasteiger partial charge in [0.25, 0.3) is 11.8 Å². The number of anilines is 5. The molecule has 0 bridgehead atoms. The van der Waals surface area contributed by atoms with Gasteiger partial charge in [-0.2, -0.15) is 0 Å². The van der Waals surface area contributed by atoms with Crippen LogP contribution in [-0.2, 0) is 0 Å². The third-order valence-corrected chi connectivity index (χ3v) is 6.65. The van der Waals surface area contributed by atoms with E-state index >= 15 is 0 Å². The summed E-state index contributed by atoms with van der Waals surface area (Å²) in [6.07, 6.45) is 1.32. The van der Waals surface area contributed by atoms with E-state index in [0.29, 0.717) is 22.6 Å². The molecule has 1 aliphatic heterocycles. The quantitative estimate of drug-likeness (QED) is 0.252. The van der Waals surface area contributed by atoms with Crippen molar-refractivity contribution >= 4 is 40.3 Å². The zero-order valence-corrected chi connectivity index (χ0v) is 21.7. The molecule has 2 amide bonds. The summed E-state index contributed by atoms with van der Waals surface area (Å²) in [5.74, 6) is -0.425. The van der Waals surface area contributed by atoms with E-state index in [1.54, 1.807) is 6.07 Å². The van der Waals surface area contributed by atoms with Crippen LogP contribution in [0.5, 0.6) is 0 Å². The maximum atomic E-state index is 12.7. The fraction of sp³-hybridized carbons (Fsp3) is 0.194. The predicted molar refractivity (Wildman–Crippen MR) is 155 cm³/mol. The Balaban J connectivity index is 1.13. The van der Waals surface area contributed by atoms with Gasteiger partial charge in [0.1, 0.15) is 5.69 Å². The lowest BCUT2D eigenvalue weighted by atomic mass is 10.1. The molecule has 1 saturated heterocycles. The standard InChI is InChI=1S/C31H31N5O3/c1-21-3-2-4-29(32-21)31(39)35-26-13-9-24(10-14-26)33-23-7-11-25(12-8-23)34-30(38)22-5-15-27(16-6-22)36-19-17-28(37)18-20-36/h2-16,28,33,37H,17-20H2,1H3,(H,34,38)(H,35,39). The number of carbonyl (C=O) groups excluding carboxylic acids is 2. The zero-order chi connectivity index (χ0) is 27.2. The number of nitrogens with zero attached hydrogens (tertiary/aromatic N) is 2. The number of rotatable bonds is 7. The summed E-state index contributed by atoms with van der Waals surface area (Å²) < 4.78 is 0. The number of amides is 2. The smallest absolute Gasteiger partial charge is 0.274 e. The number of aliphatic hydroxyl groups is 1. The van der Waals surface area contributed by atoms with Crippen molar-refractivity contribution in [3.05, 3.63) is 108 Å². The lowest BCUT2D eigenvalue weighted by molar-refractivity contribution is 0.101. The number of pyridine rings is 1. The van der Waals surface area contributed by atoms with Gasteiger partial charge in [-0.3, -0.25) is 9.59 Å². The Hall–Kier alpha value is -4.69. The van der Waals surface area contributed by atoms with E-state index in [4.69, 9.17) is 0 Å². The number of piperidine rings is 1. The second kappa shape index (κ2) is 11.8. The lowest BCUT2D eigenvalue weighted by Crippen LogP contribution is -2.35. The average molecular weight is 522 g/mol. The van der Waals surface area contributed by atoms with Crippen LogP contribution in [0.2, 0.25) is 0 Å². The van der Waals surface area contributed by atoms with Gasteiger partial charge in [-0.15, -0.1) is 0 Å². The number of aryl methyl sites for hydroxylation is 1.